The van der Waals surface area contributed by atoms with E-state index in [9.17, 15) is 9.59 Å². The van der Waals surface area contributed by atoms with E-state index >= 15 is 0 Å². The van der Waals surface area contributed by atoms with Gasteiger partial charge in [-0.1, -0.05) is 23.2 Å². The van der Waals surface area contributed by atoms with E-state index in [4.69, 9.17) is 28.3 Å². The molecule has 1 aromatic carbocycles. The summed E-state index contributed by atoms with van der Waals surface area (Å²) in [4.78, 5) is 26.0. The molecule has 0 saturated carbocycles. The first-order valence-corrected chi connectivity index (χ1v) is 8.61. The smallest absolute Gasteiger partial charge is 0.238 e. The lowest BCUT2D eigenvalue weighted by Crippen LogP contribution is -2.43. The molecule has 0 atom stereocenters. The first kappa shape index (κ1) is 19.0. The largest absolute Gasteiger partial charge is 0.395 e. The number of likely N-dealkylation sites (tertiary alicyclic amines) is 1. The number of carbonyl (C=O) groups excluding carboxylic acids is 2. The predicted molar refractivity (Wildman–Crippen MR) is 94.4 cm³/mol. The molecule has 132 valence electrons. The fraction of sp³-hybridized carbons (Fsp3) is 0.500. The van der Waals surface area contributed by atoms with Crippen molar-refractivity contribution in [3.63, 3.8) is 0 Å². The average Bonchev–Trinajstić information content (AvgIpc) is 2.56. The van der Waals surface area contributed by atoms with Crippen LogP contribution in [-0.2, 0) is 9.59 Å². The number of hydrogen-bond acceptors (Lipinski definition) is 4. The zero-order valence-corrected chi connectivity index (χ0v) is 14.7. The fourth-order valence-electron chi connectivity index (χ4n) is 2.66. The van der Waals surface area contributed by atoms with E-state index in [1.54, 1.807) is 18.2 Å². The van der Waals surface area contributed by atoms with Crippen LogP contribution in [0.3, 0.4) is 0 Å². The van der Waals surface area contributed by atoms with Crippen LogP contribution >= 0.6 is 23.2 Å². The Morgan fingerprint density at radius 3 is 2.62 bits per heavy atom. The van der Waals surface area contributed by atoms with Crippen LogP contribution < -0.4 is 10.6 Å². The lowest BCUT2D eigenvalue weighted by molar-refractivity contribution is -0.126. The molecule has 0 bridgehead atoms. The van der Waals surface area contributed by atoms with Gasteiger partial charge in [-0.3, -0.25) is 14.5 Å². The molecule has 0 radical (unpaired) electrons. The van der Waals surface area contributed by atoms with Crippen molar-refractivity contribution in [2.75, 3.05) is 38.1 Å². The molecule has 1 aromatic rings. The molecule has 24 heavy (non-hydrogen) atoms. The first-order valence-electron chi connectivity index (χ1n) is 7.85. The predicted octanol–water partition coefficient (Wildman–Crippen LogP) is 1.75. The number of nitrogens with one attached hydrogen (secondary N) is 2. The summed E-state index contributed by atoms with van der Waals surface area (Å²) in [7, 11) is 0. The Hall–Kier alpha value is -1.34. The summed E-state index contributed by atoms with van der Waals surface area (Å²) in [6.45, 7) is 1.81. The number of aliphatic hydroxyl groups excluding tert-OH is 1. The Labute approximate surface area is 151 Å². The molecule has 1 aliphatic rings. The third kappa shape index (κ3) is 5.63. The third-order valence-electron chi connectivity index (χ3n) is 3.94. The summed E-state index contributed by atoms with van der Waals surface area (Å²) in [5, 5.41) is 15.1. The molecule has 1 fully saturated rings. The number of halogens is 2. The van der Waals surface area contributed by atoms with Gasteiger partial charge >= 0.3 is 0 Å². The number of anilines is 1. The average molecular weight is 374 g/mol. The molecular formula is C16H21Cl2N3O3. The maximum atomic E-state index is 12.1. The Morgan fingerprint density at radius 1 is 1.25 bits per heavy atom. The normalized spacial score (nSPS) is 16.0. The highest BCUT2D eigenvalue weighted by Crippen LogP contribution is 2.25. The van der Waals surface area contributed by atoms with Crippen LogP contribution in [0.5, 0.6) is 0 Å². The molecule has 1 saturated heterocycles. The van der Waals surface area contributed by atoms with Gasteiger partial charge in [0.25, 0.3) is 0 Å². The van der Waals surface area contributed by atoms with Gasteiger partial charge in [0.2, 0.25) is 11.8 Å². The zero-order valence-electron chi connectivity index (χ0n) is 13.2. The van der Waals surface area contributed by atoms with Crippen molar-refractivity contribution in [2.45, 2.75) is 12.8 Å². The molecule has 8 heteroatoms. The third-order valence-corrected chi connectivity index (χ3v) is 4.50. The quantitative estimate of drug-likeness (QED) is 0.709. The Morgan fingerprint density at radius 2 is 1.96 bits per heavy atom. The molecule has 3 N–H and O–H groups in total. The molecule has 6 nitrogen and oxygen atoms in total. The van der Waals surface area contributed by atoms with Gasteiger partial charge in [-0.05, 0) is 44.1 Å². The maximum Gasteiger partial charge on any atom is 0.238 e. The summed E-state index contributed by atoms with van der Waals surface area (Å²) in [5.41, 5.74) is 0.493. The van der Waals surface area contributed by atoms with Crippen LogP contribution in [0.25, 0.3) is 0 Å². The zero-order chi connectivity index (χ0) is 17.5. The van der Waals surface area contributed by atoms with Crippen molar-refractivity contribution < 1.29 is 14.7 Å². The lowest BCUT2D eigenvalue weighted by atomic mass is 9.96. The van der Waals surface area contributed by atoms with Gasteiger partial charge in [0.1, 0.15) is 0 Å². The van der Waals surface area contributed by atoms with E-state index < -0.39 is 0 Å². The maximum absolute atomic E-state index is 12.1. The SMILES string of the molecule is O=C(CN1CCC(C(=O)NCCO)CC1)Nc1cc(Cl)ccc1Cl. The Bertz CT molecular complexity index is 590. The van der Waals surface area contributed by atoms with Crippen molar-refractivity contribution in [1.29, 1.82) is 0 Å². The van der Waals surface area contributed by atoms with Gasteiger partial charge in [-0.2, -0.15) is 0 Å². The standard InChI is InChI=1S/C16H21Cl2N3O3/c17-12-1-2-13(18)14(9-12)20-15(23)10-21-6-3-11(4-7-21)16(24)19-5-8-22/h1-2,9,11,22H,3-8,10H2,(H,19,24)(H,20,23). The Kier molecular flexibility index (Phi) is 7.30. The fourth-order valence-corrected chi connectivity index (χ4v) is 3.00. The summed E-state index contributed by atoms with van der Waals surface area (Å²) < 4.78 is 0. The van der Waals surface area contributed by atoms with Crippen LogP contribution in [0.4, 0.5) is 5.69 Å². The van der Waals surface area contributed by atoms with E-state index in [2.05, 4.69) is 10.6 Å². The monoisotopic (exact) mass is 373 g/mol. The number of carbonyl (C=O) groups is 2. The van der Waals surface area contributed by atoms with Crippen LogP contribution in [-0.4, -0.2) is 54.6 Å². The highest BCUT2D eigenvalue weighted by molar-refractivity contribution is 6.35. The van der Waals surface area contributed by atoms with Gasteiger partial charge in [0, 0.05) is 17.5 Å². The molecule has 0 aromatic heterocycles. The van der Waals surface area contributed by atoms with Gasteiger partial charge in [-0.15, -0.1) is 0 Å². The molecule has 0 aliphatic carbocycles. The molecule has 2 amide bonds. The molecule has 0 spiro atoms. The minimum atomic E-state index is -0.164. The minimum Gasteiger partial charge on any atom is -0.395 e. The summed E-state index contributed by atoms with van der Waals surface area (Å²) >= 11 is 11.9. The van der Waals surface area contributed by atoms with Crippen LogP contribution in [0.2, 0.25) is 10.0 Å². The van der Waals surface area contributed by atoms with Crippen molar-refractivity contribution in [3.8, 4) is 0 Å². The number of aliphatic hydroxyl groups is 1. The Balaban J connectivity index is 1.78. The summed E-state index contributed by atoms with van der Waals surface area (Å²) in [6.07, 6.45) is 1.39. The van der Waals surface area contributed by atoms with E-state index in [1.807, 2.05) is 4.90 Å². The second-order valence-corrected chi connectivity index (χ2v) is 6.58. The van der Waals surface area contributed by atoms with Crippen LogP contribution in [0.15, 0.2) is 18.2 Å². The van der Waals surface area contributed by atoms with E-state index in [0.29, 0.717) is 41.7 Å². The van der Waals surface area contributed by atoms with Gasteiger partial charge in [0.15, 0.2) is 0 Å². The molecule has 0 unspecified atom stereocenters. The van der Waals surface area contributed by atoms with Gasteiger partial charge < -0.3 is 15.7 Å². The summed E-state index contributed by atoms with van der Waals surface area (Å²) in [6, 6.07) is 4.90. The van der Waals surface area contributed by atoms with Crippen LogP contribution in [0, 0.1) is 5.92 Å². The number of piperidine rings is 1. The second kappa shape index (κ2) is 9.22. The number of amides is 2. The topological polar surface area (TPSA) is 81.7 Å². The van der Waals surface area contributed by atoms with E-state index in [-0.39, 0.29) is 37.4 Å². The first-order chi connectivity index (χ1) is 11.5. The van der Waals surface area contributed by atoms with Gasteiger partial charge in [-0.25, -0.2) is 0 Å². The number of rotatable bonds is 6. The lowest BCUT2D eigenvalue weighted by Gasteiger charge is -2.30. The summed E-state index contributed by atoms with van der Waals surface area (Å²) in [5.74, 6) is -0.251. The molecule has 1 heterocycles. The van der Waals surface area contributed by atoms with Crippen molar-refractivity contribution >= 4 is 40.7 Å². The van der Waals surface area contributed by atoms with E-state index in [1.165, 1.54) is 0 Å². The van der Waals surface area contributed by atoms with Crippen molar-refractivity contribution in [3.05, 3.63) is 28.2 Å². The second-order valence-electron chi connectivity index (χ2n) is 5.74. The molecule has 1 aliphatic heterocycles. The highest BCUT2D eigenvalue weighted by atomic mass is 35.5. The molecule has 2 rings (SSSR count). The van der Waals surface area contributed by atoms with E-state index in [0.717, 1.165) is 0 Å². The number of benzene rings is 1. The van der Waals surface area contributed by atoms with Crippen molar-refractivity contribution in [1.82, 2.24) is 10.2 Å². The number of hydrogen-bond donors (Lipinski definition) is 3. The highest BCUT2D eigenvalue weighted by Gasteiger charge is 2.25. The van der Waals surface area contributed by atoms with Crippen LogP contribution in [0.1, 0.15) is 12.8 Å². The van der Waals surface area contributed by atoms with Crippen molar-refractivity contribution in [2.24, 2.45) is 5.92 Å². The van der Waals surface area contributed by atoms with Gasteiger partial charge in [0.05, 0.1) is 23.9 Å². The molecular weight excluding hydrogens is 353 g/mol. The minimum absolute atomic E-state index is 0.0288. The number of nitrogens with zero attached hydrogens (tertiary/aromatic N) is 1.